The predicted octanol–water partition coefficient (Wildman–Crippen LogP) is 2.81. The Morgan fingerprint density at radius 3 is 2.67 bits per heavy atom. The molecule has 2 aliphatic rings. The predicted molar refractivity (Wildman–Crippen MR) is 90.5 cm³/mol. The molecule has 0 spiro atoms. The van der Waals surface area contributed by atoms with Gasteiger partial charge in [-0.3, -0.25) is 4.79 Å². The Morgan fingerprint density at radius 2 is 2.00 bits per heavy atom. The van der Waals surface area contributed by atoms with E-state index in [-0.39, 0.29) is 11.2 Å². The fourth-order valence-corrected chi connectivity index (χ4v) is 4.68. The number of nitrogens with two attached hydrogens (primary N) is 1. The molecule has 1 aliphatic carbocycles. The highest BCUT2D eigenvalue weighted by Crippen LogP contribution is 2.37. The minimum Gasteiger partial charge on any atom is -0.391 e. The van der Waals surface area contributed by atoms with Gasteiger partial charge in [0.2, 0.25) is 5.91 Å². The molecule has 112 valence electrons. The van der Waals surface area contributed by atoms with Crippen LogP contribution in [0.3, 0.4) is 0 Å². The molecule has 3 rings (SSSR count). The molecule has 3 nitrogen and oxygen atoms in total. The monoisotopic (exact) mass is 320 g/mol. The average Bonchev–Trinajstić information content (AvgIpc) is 2.92. The van der Waals surface area contributed by atoms with E-state index in [1.165, 1.54) is 16.9 Å². The second-order valence-corrected chi connectivity index (χ2v) is 7.60. The van der Waals surface area contributed by atoms with Crippen molar-refractivity contribution in [3.8, 4) is 0 Å². The van der Waals surface area contributed by atoms with Crippen molar-refractivity contribution in [3.63, 3.8) is 0 Å². The highest BCUT2D eigenvalue weighted by atomic mass is 32.2. The van der Waals surface area contributed by atoms with Gasteiger partial charge in [0.05, 0.1) is 15.8 Å². The fraction of sp³-hybridized carbons (Fsp3) is 0.500. The molecule has 21 heavy (non-hydrogen) atoms. The molecule has 1 aliphatic heterocycles. The maximum atomic E-state index is 12.6. The van der Waals surface area contributed by atoms with Gasteiger partial charge in [0.15, 0.2) is 0 Å². The minimum absolute atomic E-state index is 0.0597. The van der Waals surface area contributed by atoms with Crippen molar-refractivity contribution in [1.82, 2.24) is 5.32 Å². The molecule has 1 amide bonds. The van der Waals surface area contributed by atoms with Gasteiger partial charge in [-0.05, 0) is 30.9 Å². The number of fused-ring (bicyclic) bond motifs is 1. The molecular formula is C16H20N2OS2. The largest absolute Gasteiger partial charge is 0.391 e. The Morgan fingerprint density at radius 1 is 1.29 bits per heavy atom. The molecule has 5 heteroatoms. The first-order chi connectivity index (χ1) is 10.1. The summed E-state index contributed by atoms with van der Waals surface area (Å²) in [5.41, 5.74) is 6.74. The summed E-state index contributed by atoms with van der Waals surface area (Å²) in [5, 5.41) is 3.12. The van der Waals surface area contributed by atoms with Gasteiger partial charge < -0.3 is 11.1 Å². The van der Waals surface area contributed by atoms with Crippen molar-refractivity contribution in [2.45, 2.75) is 54.2 Å². The van der Waals surface area contributed by atoms with E-state index < -0.39 is 5.54 Å². The van der Waals surface area contributed by atoms with Crippen LogP contribution >= 0.6 is 24.0 Å². The van der Waals surface area contributed by atoms with Crippen LogP contribution in [0.2, 0.25) is 0 Å². The molecule has 0 bridgehead atoms. The molecule has 1 saturated carbocycles. The topological polar surface area (TPSA) is 55.1 Å². The number of hydrogen-bond donors (Lipinski definition) is 2. The smallest absolute Gasteiger partial charge is 0.234 e. The number of amides is 1. The van der Waals surface area contributed by atoms with Crippen molar-refractivity contribution in [2.75, 3.05) is 0 Å². The average molecular weight is 320 g/mol. The third-order valence-electron chi connectivity index (χ3n) is 4.48. The van der Waals surface area contributed by atoms with Crippen LogP contribution < -0.4 is 11.1 Å². The quantitative estimate of drug-likeness (QED) is 0.841. The van der Waals surface area contributed by atoms with Crippen molar-refractivity contribution >= 4 is 34.9 Å². The summed E-state index contributed by atoms with van der Waals surface area (Å²) < 4.78 is 0. The number of carbonyl (C=O) groups is 1. The molecule has 0 aromatic heterocycles. The molecule has 3 N–H and O–H groups in total. The van der Waals surface area contributed by atoms with Crippen LogP contribution in [0.15, 0.2) is 29.2 Å². The zero-order valence-corrected chi connectivity index (χ0v) is 13.6. The van der Waals surface area contributed by atoms with E-state index in [0.717, 1.165) is 32.1 Å². The Bertz CT molecular complexity index is 542. The highest BCUT2D eigenvalue weighted by Gasteiger charge is 2.39. The van der Waals surface area contributed by atoms with E-state index in [4.69, 9.17) is 18.0 Å². The molecule has 0 saturated heterocycles. The van der Waals surface area contributed by atoms with Gasteiger partial charge in [0, 0.05) is 4.90 Å². The van der Waals surface area contributed by atoms with Crippen LogP contribution in [-0.2, 0) is 11.2 Å². The Hall–Kier alpha value is -1.07. The summed E-state index contributed by atoms with van der Waals surface area (Å²) >= 11 is 6.89. The van der Waals surface area contributed by atoms with Gasteiger partial charge >= 0.3 is 0 Å². The van der Waals surface area contributed by atoms with E-state index in [9.17, 15) is 4.79 Å². The molecule has 1 aromatic carbocycles. The van der Waals surface area contributed by atoms with Gasteiger partial charge in [-0.1, -0.05) is 49.7 Å². The number of thioether (sulfide) groups is 1. The SMILES string of the molecule is NC(=S)C1(NC(=O)C2Cc3ccccc3S2)CCCCC1. The lowest BCUT2D eigenvalue weighted by atomic mass is 9.81. The second-order valence-electron chi connectivity index (χ2n) is 5.91. The van der Waals surface area contributed by atoms with E-state index in [2.05, 4.69) is 17.4 Å². The summed E-state index contributed by atoms with van der Waals surface area (Å²) in [4.78, 5) is 14.3. The summed E-state index contributed by atoms with van der Waals surface area (Å²) in [6.07, 6.45) is 5.89. The van der Waals surface area contributed by atoms with Gasteiger partial charge in [-0.2, -0.15) is 0 Å². The molecule has 1 unspecified atom stereocenters. The maximum absolute atomic E-state index is 12.6. The molecule has 1 aromatic rings. The van der Waals surface area contributed by atoms with E-state index in [1.807, 2.05) is 12.1 Å². The van der Waals surface area contributed by atoms with Crippen LogP contribution in [0.4, 0.5) is 0 Å². The van der Waals surface area contributed by atoms with Crippen molar-refractivity contribution in [3.05, 3.63) is 29.8 Å². The number of carbonyl (C=O) groups excluding carboxylic acids is 1. The first-order valence-corrected chi connectivity index (χ1v) is 8.76. The standard InChI is InChI=1S/C16H20N2OS2/c17-15(20)16(8-4-1-5-9-16)18-14(19)13-10-11-6-2-3-7-12(11)21-13/h2-3,6-7,13H,1,4-5,8-10H2,(H2,17,20)(H,18,19). The van der Waals surface area contributed by atoms with Crippen LogP contribution in [0.5, 0.6) is 0 Å². The summed E-state index contributed by atoms with van der Waals surface area (Å²) in [6, 6.07) is 8.22. The lowest BCUT2D eigenvalue weighted by molar-refractivity contribution is -0.122. The molecule has 1 fully saturated rings. The normalized spacial score (nSPS) is 23.3. The van der Waals surface area contributed by atoms with Crippen LogP contribution in [0.1, 0.15) is 37.7 Å². The summed E-state index contributed by atoms with van der Waals surface area (Å²) in [6.45, 7) is 0. The molecule has 0 radical (unpaired) electrons. The van der Waals surface area contributed by atoms with Crippen LogP contribution in [0, 0.1) is 0 Å². The van der Waals surface area contributed by atoms with Crippen LogP contribution in [-0.4, -0.2) is 21.7 Å². The van der Waals surface area contributed by atoms with Gasteiger partial charge in [-0.25, -0.2) is 0 Å². The Labute approximate surface area is 135 Å². The Balaban J connectivity index is 1.70. The third kappa shape index (κ3) is 2.94. The lowest BCUT2D eigenvalue weighted by Crippen LogP contribution is -2.59. The molecule has 1 atom stereocenters. The van der Waals surface area contributed by atoms with Gasteiger partial charge in [-0.15, -0.1) is 11.8 Å². The van der Waals surface area contributed by atoms with E-state index in [0.29, 0.717) is 4.99 Å². The third-order valence-corrected chi connectivity index (χ3v) is 6.19. The van der Waals surface area contributed by atoms with Crippen molar-refractivity contribution in [2.24, 2.45) is 5.73 Å². The maximum Gasteiger partial charge on any atom is 0.234 e. The number of thiocarbonyl (C=S) groups is 1. The number of rotatable bonds is 3. The molecule has 1 heterocycles. The zero-order chi connectivity index (χ0) is 14.9. The minimum atomic E-state index is -0.458. The lowest BCUT2D eigenvalue weighted by Gasteiger charge is -2.37. The number of hydrogen-bond acceptors (Lipinski definition) is 3. The first-order valence-electron chi connectivity index (χ1n) is 7.47. The zero-order valence-electron chi connectivity index (χ0n) is 11.9. The van der Waals surface area contributed by atoms with Crippen LogP contribution in [0.25, 0.3) is 0 Å². The molecular weight excluding hydrogens is 300 g/mol. The van der Waals surface area contributed by atoms with Gasteiger partial charge in [0.25, 0.3) is 0 Å². The first kappa shape index (κ1) is 14.9. The van der Waals surface area contributed by atoms with E-state index in [1.54, 1.807) is 11.8 Å². The van der Waals surface area contributed by atoms with E-state index >= 15 is 0 Å². The number of nitrogens with one attached hydrogen (secondary N) is 1. The Kier molecular flexibility index (Phi) is 4.22. The summed E-state index contributed by atoms with van der Waals surface area (Å²) in [7, 11) is 0. The number of benzene rings is 1. The fourth-order valence-electron chi connectivity index (χ4n) is 3.23. The second kappa shape index (κ2) is 5.97. The van der Waals surface area contributed by atoms with Gasteiger partial charge in [0.1, 0.15) is 0 Å². The van der Waals surface area contributed by atoms with Crippen molar-refractivity contribution < 1.29 is 4.79 Å². The van der Waals surface area contributed by atoms with Crippen molar-refractivity contribution in [1.29, 1.82) is 0 Å². The summed E-state index contributed by atoms with van der Waals surface area (Å²) in [5.74, 6) is 0.0749. The highest BCUT2D eigenvalue weighted by molar-refractivity contribution is 8.01.